The van der Waals surface area contributed by atoms with Crippen LogP contribution < -0.4 is 10.6 Å². The monoisotopic (exact) mass is 488 g/mol. The van der Waals surface area contributed by atoms with E-state index in [4.69, 9.17) is 11.6 Å². The molecule has 0 bridgehead atoms. The summed E-state index contributed by atoms with van der Waals surface area (Å²) in [6.07, 6.45) is 1.69. The lowest BCUT2D eigenvalue weighted by Crippen LogP contribution is -2.48. The number of amides is 2. The lowest BCUT2D eigenvalue weighted by Gasteiger charge is -2.34. The van der Waals surface area contributed by atoms with Gasteiger partial charge in [-0.05, 0) is 24.3 Å². The van der Waals surface area contributed by atoms with Crippen molar-refractivity contribution < 1.29 is 14.0 Å². The van der Waals surface area contributed by atoms with Gasteiger partial charge in [0.15, 0.2) is 10.9 Å². The molecular weight excluding hydrogens is 467 g/mol. The molecule has 1 aromatic carbocycles. The molecule has 0 radical (unpaired) electrons. The van der Waals surface area contributed by atoms with Gasteiger partial charge in [-0.1, -0.05) is 17.7 Å². The number of anilines is 2. The van der Waals surface area contributed by atoms with Gasteiger partial charge in [0.2, 0.25) is 0 Å². The van der Waals surface area contributed by atoms with E-state index in [1.807, 2.05) is 5.38 Å². The summed E-state index contributed by atoms with van der Waals surface area (Å²) >= 11 is 7.25. The van der Waals surface area contributed by atoms with Gasteiger partial charge < -0.3 is 15.5 Å². The van der Waals surface area contributed by atoms with Crippen LogP contribution in [0, 0.1) is 5.82 Å². The van der Waals surface area contributed by atoms with E-state index in [0.717, 1.165) is 5.69 Å². The van der Waals surface area contributed by atoms with Gasteiger partial charge in [-0.2, -0.15) is 0 Å². The van der Waals surface area contributed by atoms with Crippen molar-refractivity contribution in [3.63, 3.8) is 0 Å². The third kappa shape index (κ3) is 5.47. The van der Waals surface area contributed by atoms with Gasteiger partial charge in [0.05, 0.1) is 16.3 Å². The molecule has 4 rings (SSSR count). The molecule has 2 aromatic heterocycles. The first-order valence-corrected chi connectivity index (χ1v) is 11.6. The molecule has 0 atom stereocenters. The maximum atomic E-state index is 14.2. The van der Waals surface area contributed by atoms with Gasteiger partial charge in [-0.3, -0.25) is 14.5 Å². The van der Waals surface area contributed by atoms with Crippen LogP contribution in [0.5, 0.6) is 0 Å². The molecule has 2 N–H and O–H groups in total. The number of thiazole rings is 1. The van der Waals surface area contributed by atoms with Crippen molar-refractivity contribution in [3.8, 4) is 0 Å². The van der Waals surface area contributed by atoms with E-state index in [2.05, 4.69) is 25.5 Å². The normalized spacial score (nSPS) is 14.2. The first-order valence-electron chi connectivity index (χ1n) is 10.3. The highest BCUT2D eigenvalue weighted by Crippen LogP contribution is 2.22. The Hall–Kier alpha value is -3.08. The van der Waals surface area contributed by atoms with Crippen LogP contribution in [0.15, 0.2) is 41.9 Å². The molecule has 11 heteroatoms. The van der Waals surface area contributed by atoms with Gasteiger partial charge in [0.1, 0.15) is 5.82 Å². The van der Waals surface area contributed by atoms with E-state index in [-0.39, 0.29) is 22.4 Å². The van der Waals surface area contributed by atoms with Crippen LogP contribution in [0.3, 0.4) is 0 Å². The number of rotatable bonds is 6. The zero-order chi connectivity index (χ0) is 23.4. The van der Waals surface area contributed by atoms with E-state index >= 15 is 0 Å². The number of carbonyl (C=O) groups is 2. The number of hydrogen-bond donors (Lipinski definition) is 2. The van der Waals surface area contributed by atoms with Gasteiger partial charge in [0, 0.05) is 56.9 Å². The molecule has 0 unspecified atom stereocenters. The second kappa shape index (κ2) is 10.2. The van der Waals surface area contributed by atoms with Gasteiger partial charge in [-0.25, -0.2) is 14.4 Å². The molecule has 172 valence electrons. The number of piperazine rings is 1. The Morgan fingerprint density at radius 3 is 2.70 bits per heavy atom. The standard InChI is InChI=1S/C22H22ClFN6O2S/c1-25-20(31)14-11-15(27-18(12-14)28-22-26-5-10-33-22)13-29-6-8-30(9-7-29)21(32)16-3-2-4-17(23)19(16)24/h2-5,10-12H,6-9,13H2,1H3,(H,25,31)(H,26,27,28). The molecule has 2 amide bonds. The summed E-state index contributed by atoms with van der Waals surface area (Å²) in [7, 11) is 1.58. The van der Waals surface area contributed by atoms with Crippen molar-refractivity contribution in [2.45, 2.75) is 6.54 Å². The minimum atomic E-state index is -0.693. The Morgan fingerprint density at radius 2 is 2.00 bits per heavy atom. The van der Waals surface area contributed by atoms with E-state index < -0.39 is 5.82 Å². The van der Waals surface area contributed by atoms with Crippen molar-refractivity contribution >= 4 is 45.7 Å². The topological polar surface area (TPSA) is 90.5 Å². The zero-order valence-corrected chi connectivity index (χ0v) is 19.4. The summed E-state index contributed by atoms with van der Waals surface area (Å²) in [5.41, 5.74) is 1.19. The smallest absolute Gasteiger partial charge is 0.256 e. The summed E-state index contributed by atoms with van der Waals surface area (Å²) in [4.78, 5) is 37.6. The lowest BCUT2D eigenvalue weighted by atomic mass is 10.1. The van der Waals surface area contributed by atoms with Crippen LogP contribution in [0.25, 0.3) is 0 Å². The van der Waals surface area contributed by atoms with Crippen molar-refractivity contribution in [1.29, 1.82) is 0 Å². The second-order valence-corrected chi connectivity index (χ2v) is 8.75. The second-order valence-electron chi connectivity index (χ2n) is 7.44. The summed E-state index contributed by atoms with van der Waals surface area (Å²) < 4.78 is 14.2. The minimum Gasteiger partial charge on any atom is -0.355 e. The van der Waals surface area contributed by atoms with Gasteiger partial charge in [-0.15, -0.1) is 11.3 Å². The average molecular weight is 489 g/mol. The van der Waals surface area contributed by atoms with Crippen LogP contribution in [0.1, 0.15) is 26.4 Å². The first kappa shape index (κ1) is 23.1. The van der Waals surface area contributed by atoms with Crippen molar-refractivity contribution in [2.75, 3.05) is 38.5 Å². The molecule has 0 spiro atoms. The highest BCUT2D eigenvalue weighted by atomic mass is 35.5. The Kier molecular flexibility index (Phi) is 7.17. The molecule has 8 nitrogen and oxygen atoms in total. The van der Waals surface area contributed by atoms with Crippen LogP contribution in [0.2, 0.25) is 5.02 Å². The molecule has 3 heterocycles. The molecule has 3 aromatic rings. The van der Waals surface area contributed by atoms with Crippen molar-refractivity contribution in [1.82, 2.24) is 25.1 Å². The van der Waals surface area contributed by atoms with Crippen LogP contribution in [-0.4, -0.2) is 64.8 Å². The van der Waals surface area contributed by atoms with Gasteiger partial charge in [0.25, 0.3) is 11.8 Å². The SMILES string of the molecule is CNC(=O)c1cc(CN2CCN(C(=O)c3cccc(Cl)c3F)CC2)nc(Nc2nccs2)c1. The maximum Gasteiger partial charge on any atom is 0.256 e. The Bertz CT molecular complexity index is 1150. The van der Waals surface area contributed by atoms with Crippen molar-refractivity contribution in [2.24, 2.45) is 0 Å². The Morgan fingerprint density at radius 1 is 1.21 bits per heavy atom. The first-order chi connectivity index (χ1) is 15.9. The fraction of sp³-hybridized carbons (Fsp3) is 0.273. The highest BCUT2D eigenvalue weighted by Gasteiger charge is 2.25. The zero-order valence-electron chi connectivity index (χ0n) is 17.8. The molecule has 1 aliphatic rings. The van der Waals surface area contributed by atoms with Crippen LogP contribution >= 0.6 is 22.9 Å². The minimum absolute atomic E-state index is 0.0196. The molecule has 1 saturated heterocycles. The number of aromatic nitrogens is 2. The largest absolute Gasteiger partial charge is 0.355 e. The third-order valence-electron chi connectivity index (χ3n) is 5.26. The van der Waals surface area contributed by atoms with E-state index in [9.17, 15) is 14.0 Å². The Labute approximate surface area is 199 Å². The van der Waals surface area contributed by atoms with Crippen LogP contribution in [-0.2, 0) is 6.54 Å². The molecule has 0 saturated carbocycles. The number of benzene rings is 1. The average Bonchev–Trinajstić information content (AvgIpc) is 3.33. The number of pyridine rings is 1. The number of carbonyl (C=O) groups excluding carboxylic acids is 2. The van der Waals surface area contributed by atoms with E-state index in [0.29, 0.717) is 49.2 Å². The summed E-state index contributed by atoms with van der Waals surface area (Å²) in [5.74, 6) is -0.738. The number of halogens is 2. The summed E-state index contributed by atoms with van der Waals surface area (Å²) in [5, 5.41) is 8.23. The summed E-state index contributed by atoms with van der Waals surface area (Å²) in [6, 6.07) is 7.87. The molecule has 33 heavy (non-hydrogen) atoms. The number of nitrogens with zero attached hydrogens (tertiary/aromatic N) is 4. The van der Waals surface area contributed by atoms with E-state index in [1.165, 1.54) is 23.5 Å². The quantitative estimate of drug-likeness (QED) is 0.552. The fourth-order valence-electron chi connectivity index (χ4n) is 3.58. The third-order valence-corrected chi connectivity index (χ3v) is 6.24. The molecule has 1 aliphatic heterocycles. The lowest BCUT2D eigenvalue weighted by molar-refractivity contribution is 0.0622. The summed E-state index contributed by atoms with van der Waals surface area (Å²) in [6.45, 7) is 2.59. The molecule has 0 aliphatic carbocycles. The number of hydrogen-bond acceptors (Lipinski definition) is 7. The predicted molar refractivity (Wildman–Crippen MR) is 126 cm³/mol. The number of nitrogens with one attached hydrogen (secondary N) is 2. The highest BCUT2D eigenvalue weighted by molar-refractivity contribution is 7.13. The Balaban J connectivity index is 1.43. The van der Waals surface area contributed by atoms with Crippen molar-refractivity contribution in [3.05, 3.63) is 69.6 Å². The van der Waals surface area contributed by atoms with Crippen LogP contribution in [0.4, 0.5) is 15.3 Å². The molecular formula is C22H22ClFN6O2S. The molecule has 1 fully saturated rings. The maximum absolute atomic E-state index is 14.2. The predicted octanol–water partition coefficient (Wildman–Crippen LogP) is 3.39. The fourth-order valence-corrected chi connectivity index (χ4v) is 4.29. The van der Waals surface area contributed by atoms with E-state index in [1.54, 1.807) is 36.3 Å². The van der Waals surface area contributed by atoms with Gasteiger partial charge >= 0.3 is 0 Å².